The minimum absolute atomic E-state index is 0.358. The maximum atomic E-state index is 5.96. The Hall–Kier alpha value is -0.540. The van der Waals surface area contributed by atoms with Crippen molar-refractivity contribution >= 4 is 15.9 Å². The first-order valence-corrected chi connectivity index (χ1v) is 8.62. The Kier molecular flexibility index (Phi) is 4.09. The van der Waals surface area contributed by atoms with E-state index in [0.29, 0.717) is 11.5 Å². The fourth-order valence-corrected chi connectivity index (χ4v) is 4.44. The molecule has 0 spiro atoms. The maximum absolute atomic E-state index is 5.96. The van der Waals surface area contributed by atoms with Crippen LogP contribution in [0.2, 0.25) is 0 Å². The molecular weight excluding hydrogens is 314 g/mol. The number of hydrogen-bond acceptors (Lipinski definition) is 2. The van der Waals surface area contributed by atoms with E-state index in [1.807, 2.05) is 0 Å². The molecule has 1 unspecified atom stereocenters. The Bertz CT molecular complexity index is 494. The summed E-state index contributed by atoms with van der Waals surface area (Å²) in [5.74, 6) is 1.15. The molecule has 20 heavy (non-hydrogen) atoms. The third-order valence-electron chi connectivity index (χ3n) is 4.94. The second kappa shape index (κ2) is 5.69. The summed E-state index contributed by atoms with van der Waals surface area (Å²) in [7, 11) is 0. The zero-order valence-corrected chi connectivity index (χ0v) is 14.1. The molecule has 0 aromatic heterocycles. The molecule has 0 bridgehead atoms. The number of hydrogen-bond donors (Lipinski definition) is 1. The minimum atomic E-state index is 0.358. The number of rotatable bonds is 4. The molecule has 1 aliphatic carbocycles. The molecule has 2 aliphatic rings. The molecule has 3 heteroatoms. The highest BCUT2D eigenvalue weighted by Crippen LogP contribution is 2.50. The van der Waals surface area contributed by atoms with E-state index in [2.05, 4.69) is 47.2 Å². The Morgan fingerprint density at radius 2 is 2.10 bits per heavy atom. The van der Waals surface area contributed by atoms with Gasteiger partial charge in [0, 0.05) is 22.5 Å². The second-order valence-corrected chi connectivity index (χ2v) is 7.35. The van der Waals surface area contributed by atoms with E-state index in [4.69, 9.17) is 4.74 Å². The summed E-state index contributed by atoms with van der Waals surface area (Å²) < 4.78 is 7.14. The van der Waals surface area contributed by atoms with Gasteiger partial charge in [-0.2, -0.15) is 0 Å². The number of fused-ring (bicyclic) bond motifs is 1. The maximum Gasteiger partial charge on any atom is 0.127 e. The van der Waals surface area contributed by atoms with Crippen molar-refractivity contribution in [2.45, 2.75) is 52.0 Å². The molecule has 0 radical (unpaired) electrons. The average Bonchev–Trinajstić information content (AvgIpc) is 3.04. The van der Waals surface area contributed by atoms with E-state index in [0.717, 1.165) is 25.3 Å². The van der Waals surface area contributed by atoms with Crippen LogP contribution in [0.3, 0.4) is 0 Å². The monoisotopic (exact) mass is 337 g/mol. The van der Waals surface area contributed by atoms with E-state index in [9.17, 15) is 0 Å². The van der Waals surface area contributed by atoms with Crippen molar-refractivity contribution < 1.29 is 4.74 Å². The van der Waals surface area contributed by atoms with Crippen molar-refractivity contribution in [2.75, 3.05) is 13.2 Å². The van der Waals surface area contributed by atoms with Crippen molar-refractivity contribution in [2.24, 2.45) is 5.41 Å². The summed E-state index contributed by atoms with van der Waals surface area (Å²) in [5, 5.41) is 3.74. The van der Waals surface area contributed by atoms with E-state index in [-0.39, 0.29) is 0 Å². The van der Waals surface area contributed by atoms with Crippen molar-refractivity contribution in [3.05, 3.63) is 27.7 Å². The average molecular weight is 338 g/mol. The quantitative estimate of drug-likeness (QED) is 0.865. The molecule has 1 aliphatic heterocycles. The Morgan fingerprint density at radius 1 is 1.35 bits per heavy atom. The van der Waals surface area contributed by atoms with Crippen LogP contribution in [0.15, 0.2) is 16.6 Å². The third-order valence-corrected chi connectivity index (χ3v) is 5.40. The lowest BCUT2D eigenvalue weighted by atomic mass is 9.76. The van der Waals surface area contributed by atoms with Crippen LogP contribution in [0.25, 0.3) is 0 Å². The van der Waals surface area contributed by atoms with Gasteiger partial charge in [-0.05, 0) is 42.5 Å². The fourth-order valence-electron chi connectivity index (χ4n) is 3.92. The Morgan fingerprint density at radius 3 is 2.80 bits per heavy atom. The molecule has 1 N–H and O–H groups in total. The highest BCUT2D eigenvalue weighted by molar-refractivity contribution is 9.10. The van der Waals surface area contributed by atoms with Gasteiger partial charge in [-0.3, -0.25) is 0 Å². The Labute approximate surface area is 130 Å². The van der Waals surface area contributed by atoms with Crippen LogP contribution in [0, 0.1) is 5.41 Å². The van der Waals surface area contributed by atoms with Crippen molar-refractivity contribution in [3.63, 3.8) is 0 Å². The number of nitrogens with one attached hydrogen (secondary N) is 1. The van der Waals surface area contributed by atoms with Crippen LogP contribution in [-0.4, -0.2) is 13.2 Å². The first-order chi connectivity index (χ1) is 9.64. The van der Waals surface area contributed by atoms with Gasteiger partial charge in [0.1, 0.15) is 5.75 Å². The van der Waals surface area contributed by atoms with Gasteiger partial charge in [0.05, 0.1) is 6.61 Å². The van der Waals surface area contributed by atoms with E-state index in [1.165, 1.54) is 41.3 Å². The molecule has 110 valence electrons. The van der Waals surface area contributed by atoms with Crippen LogP contribution < -0.4 is 10.1 Å². The van der Waals surface area contributed by atoms with Crippen molar-refractivity contribution in [1.82, 2.24) is 5.32 Å². The topological polar surface area (TPSA) is 21.3 Å². The van der Waals surface area contributed by atoms with Gasteiger partial charge < -0.3 is 10.1 Å². The predicted octanol–water partition coefficient (Wildman–Crippen LogP) is 4.61. The first kappa shape index (κ1) is 14.4. The molecule has 1 heterocycles. The van der Waals surface area contributed by atoms with Gasteiger partial charge in [0.15, 0.2) is 0 Å². The highest BCUT2D eigenvalue weighted by Gasteiger charge is 2.39. The van der Waals surface area contributed by atoms with Crippen LogP contribution in [0.4, 0.5) is 0 Å². The molecule has 1 atom stereocenters. The lowest BCUT2D eigenvalue weighted by Crippen LogP contribution is -2.34. The van der Waals surface area contributed by atoms with Gasteiger partial charge in [0.25, 0.3) is 0 Å². The second-order valence-electron chi connectivity index (χ2n) is 6.43. The van der Waals surface area contributed by atoms with E-state index in [1.54, 1.807) is 0 Å². The van der Waals surface area contributed by atoms with Crippen LogP contribution in [0.1, 0.15) is 56.7 Å². The predicted molar refractivity (Wildman–Crippen MR) is 86.3 cm³/mol. The van der Waals surface area contributed by atoms with Crippen molar-refractivity contribution in [1.29, 1.82) is 0 Å². The summed E-state index contributed by atoms with van der Waals surface area (Å²) in [6.45, 7) is 6.47. The fraction of sp³-hybridized carbons (Fsp3) is 0.647. The molecule has 1 fully saturated rings. The SMILES string of the molecule is CCNC(c1cc(Br)cc2c1OCC2)C1(C)CCCC1. The molecule has 1 saturated carbocycles. The molecule has 3 rings (SSSR count). The van der Waals surface area contributed by atoms with Crippen LogP contribution in [-0.2, 0) is 6.42 Å². The third kappa shape index (κ3) is 2.50. The molecule has 1 aromatic rings. The minimum Gasteiger partial charge on any atom is -0.493 e. The standard InChI is InChI=1S/C17H24BrNO/c1-3-19-16(17(2)7-4-5-8-17)14-11-13(18)10-12-6-9-20-15(12)14/h10-11,16,19H,3-9H2,1-2H3. The van der Waals surface area contributed by atoms with E-state index < -0.39 is 0 Å². The van der Waals surface area contributed by atoms with Crippen LogP contribution >= 0.6 is 15.9 Å². The van der Waals surface area contributed by atoms with Gasteiger partial charge in [-0.1, -0.05) is 42.6 Å². The van der Waals surface area contributed by atoms with Gasteiger partial charge in [-0.15, -0.1) is 0 Å². The zero-order valence-electron chi connectivity index (χ0n) is 12.5. The summed E-state index contributed by atoms with van der Waals surface area (Å²) in [6.07, 6.45) is 6.38. The largest absolute Gasteiger partial charge is 0.493 e. The zero-order chi connectivity index (χ0) is 14.2. The van der Waals surface area contributed by atoms with Gasteiger partial charge in [-0.25, -0.2) is 0 Å². The van der Waals surface area contributed by atoms with Crippen molar-refractivity contribution in [3.8, 4) is 5.75 Å². The lowest BCUT2D eigenvalue weighted by Gasteiger charge is -2.36. The summed E-state index contributed by atoms with van der Waals surface area (Å²) >= 11 is 3.68. The Balaban J connectivity index is 2.03. The van der Waals surface area contributed by atoms with E-state index >= 15 is 0 Å². The molecular formula is C17H24BrNO. The summed E-state index contributed by atoms with van der Waals surface area (Å²) in [6, 6.07) is 4.88. The van der Waals surface area contributed by atoms with Gasteiger partial charge >= 0.3 is 0 Å². The summed E-state index contributed by atoms with van der Waals surface area (Å²) in [4.78, 5) is 0. The highest BCUT2D eigenvalue weighted by atomic mass is 79.9. The van der Waals surface area contributed by atoms with Crippen LogP contribution in [0.5, 0.6) is 5.75 Å². The normalized spacial score (nSPS) is 21.6. The molecule has 0 saturated heterocycles. The molecule has 1 aromatic carbocycles. The lowest BCUT2D eigenvalue weighted by molar-refractivity contribution is 0.220. The smallest absolute Gasteiger partial charge is 0.127 e. The van der Waals surface area contributed by atoms with Gasteiger partial charge in [0.2, 0.25) is 0 Å². The number of halogens is 1. The number of benzene rings is 1. The summed E-state index contributed by atoms with van der Waals surface area (Å²) in [5.41, 5.74) is 3.08. The molecule has 0 amide bonds. The first-order valence-electron chi connectivity index (χ1n) is 7.82. The molecule has 2 nitrogen and oxygen atoms in total. The number of ether oxygens (including phenoxy) is 1.